The summed E-state index contributed by atoms with van der Waals surface area (Å²) in [4.78, 5) is 3.92. The third-order valence-corrected chi connectivity index (χ3v) is 5.20. The molecule has 0 bridgehead atoms. The van der Waals surface area contributed by atoms with Crippen molar-refractivity contribution in [3.8, 4) is 11.4 Å². The molecule has 3 aromatic rings. The fourth-order valence-electron chi connectivity index (χ4n) is 3.63. The molecule has 4 rings (SSSR count). The minimum absolute atomic E-state index is 0.0148. The summed E-state index contributed by atoms with van der Waals surface area (Å²) in [5, 5.41) is 22.1. The predicted octanol–water partition coefficient (Wildman–Crippen LogP) is 2.84. The highest BCUT2D eigenvalue weighted by Gasteiger charge is 2.59. The Bertz CT molecular complexity index is 1040. The van der Waals surface area contributed by atoms with Crippen molar-refractivity contribution in [3.05, 3.63) is 59.2 Å². The predicted molar refractivity (Wildman–Crippen MR) is 100 cm³/mol. The van der Waals surface area contributed by atoms with Gasteiger partial charge in [-0.3, -0.25) is 4.98 Å². The largest absolute Gasteiger partial charge is 0.382 e. The Balaban J connectivity index is 1.67. The average Bonchev–Trinajstić information content (AvgIpc) is 3.20. The number of aromatic nitrogens is 5. The Morgan fingerprint density at radius 2 is 2.10 bits per heavy atom. The van der Waals surface area contributed by atoms with E-state index in [1.54, 1.807) is 6.07 Å². The Labute approximate surface area is 170 Å². The molecule has 0 spiro atoms. The molecule has 0 fully saturated rings. The first-order valence-corrected chi connectivity index (χ1v) is 9.56. The maximum atomic E-state index is 15.6. The van der Waals surface area contributed by atoms with Crippen LogP contribution in [0.4, 0.5) is 13.2 Å². The second-order valence-electron chi connectivity index (χ2n) is 7.14. The fraction of sp³-hybridized carbons (Fsp3) is 0.400. The molecule has 0 aliphatic carbocycles. The SMILES string of the molecule is CCOCCCc1ccc(C(F)(F)C2(O)Cn3nnnc3-c3cc(F)ccc32)nc1. The molecule has 1 unspecified atom stereocenters. The van der Waals surface area contributed by atoms with E-state index in [2.05, 4.69) is 20.5 Å². The van der Waals surface area contributed by atoms with E-state index in [-0.39, 0.29) is 17.0 Å². The number of ether oxygens (including phenoxy) is 1. The summed E-state index contributed by atoms with van der Waals surface area (Å²) in [6, 6.07) is 5.95. The summed E-state index contributed by atoms with van der Waals surface area (Å²) in [5.74, 6) is -4.32. The molecule has 1 atom stereocenters. The van der Waals surface area contributed by atoms with Gasteiger partial charge in [0.25, 0.3) is 0 Å². The Kier molecular flexibility index (Phi) is 5.29. The molecule has 1 aromatic carbocycles. The maximum Gasteiger partial charge on any atom is 0.323 e. The highest BCUT2D eigenvalue weighted by atomic mass is 19.3. The number of hydrogen-bond acceptors (Lipinski definition) is 6. The van der Waals surface area contributed by atoms with Crippen molar-refractivity contribution in [2.75, 3.05) is 13.2 Å². The number of rotatable bonds is 7. The van der Waals surface area contributed by atoms with Gasteiger partial charge in [-0.25, -0.2) is 9.07 Å². The zero-order valence-electron chi connectivity index (χ0n) is 16.2. The van der Waals surface area contributed by atoms with Crippen LogP contribution in [-0.4, -0.2) is 43.5 Å². The number of hydrogen-bond donors (Lipinski definition) is 1. The van der Waals surface area contributed by atoms with Gasteiger partial charge in [-0.1, -0.05) is 12.1 Å². The third kappa shape index (κ3) is 3.35. The quantitative estimate of drug-likeness (QED) is 0.593. The van der Waals surface area contributed by atoms with Crippen LogP contribution in [-0.2, 0) is 29.2 Å². The number of benzene rings is 1. The van der Waals surface area contributed by atoms with Crippen molar-refractivity contribution in [1.82, 2.24) is 25.2 Å². The van der Waals surface area contributed by atoms with Crippen LogP contribution in [0.2, 0.25) is 0 Å². The number of nitrogens with zero attached hydrogens (tertiary/aromatic N) is 5. The smallest absolute Gasteiger partial charge is 0.323 e. The zero-order valence-corrected chi connectivity index (χ0v) is 16.2. The van der Waals surface area contributed by atoms with Gasteiger partial charge in [-0.15, -0.1) is 5.10 Å². The minimum atomic E-state index is -3.78. The van der Waals surface area contributed by atoms with Gasteiger partial charge in [0, 0.05) is 30.5 Å². The first-order valence-electron chi connectivity index (χ1n) is 9.56. The maximum absolute atomic E-state index is 15.6. The summed E-state index contributed by atoms with van der Waals surface area (Å²) < 4.78 is 51.3. The topological polar surface area (TPSA) is 86.0 Å². The summed E-state index contributed by atoms with van der Waals surface area (Å²) in [7, 11) is 0. The number of pyridine rings is 1. The van der Waals surface area contributed by atoms with E-state index in [1.165, 1.54) is 12.3 Å². The lowest BCUT2D eigenvalue weighted by Crippen LogP contribution is -2.49. The van der Waals surface area contributed by atoms with E-state index >= 15 is 8.78 Å². The molecule has 0 amide bonds. The van der Waals surface area contributed by atoms with Crippen molar-refractivity contribution in [2.45, 2.75) is 37.8 Å². The zero-order chi connectivity index (χ0) is 21.4. The number of halogens is 3. The van der Waals surface area contributed by atoms with Crippen molar-refractivity contribution in [3.63, 3.8) is 0 Å². The summed E-state index contributed by atoms with van der Waals surface area (Å²) in [6.07, 6.45) is 2.75. The van der Waals surface area contributed by atoms with Crippen LogP contribution >= 0.6 is 0 Å². The lowest BCUT2D eigenvalue weighted by molar-refractivity contribution is -0.207. The molecule has 1 N–H and O–H groups in total. The van der Waals surface area contributed by atoms with Gasteiger partial charge in [-0.05, 0) is 54.0 Å². The summed E-state index contributed by atoms with van der Waals surface area (Å²) in [6.45, 7) is 2.50. The molecule has 1 aliphatic rings. The van der Waals surface area contributed by atoms with Gasteiger partial charge in [-0.2, -0.15) is 8.78 Å². The highest BCUT2D eigenvalue weighted by Crippen LogP contribution is 2.50. The highest BCUT2D eigenvalue weighted by molar-refractivity contribution is 5.64. The van der Waals surface area contributed by atoms with Gasteiger partial charge in [0.1, 0.15) is 11.5 Å². The second-order valence-corrected chi connectivity index (χ2v) is 7.14. The molecule has 0 saturated heterocycles. The molecular formula is C20H20F3N5O2. The molecule has 2 aromatic heterocycles. The van der Waals surface area contributed by atoms with Crippen LogP contribution in [0.15, 0.2) is 36.5 Å². The standard InChI is InChI=1S/C20H20F3N5O2/c1-2-30-9-3-4-13-5-8-17(24-11-13)20(22,23)19(29)12-28-18(25-26-27-28)15-10-14(21)6-7-16(15)19/h5-8,10-11,29H,2-4,9,12H2,1H3. The fourth-order valence-corrected chi connectivity index (χ4v) is 3.63. The van der Waals surface area contributed by atoms with E-state index in [1.807, 2.05) is 6.92 Å². The molecular weight excluding hydrogens is 399 g/mol. The first kappa shape index (κ1) is 20.4. The van der Waals surface area contributed by atoms with Gasteiger partial charge in [0.15, 0.2) is 11.4 Å². The average molecular weight is 419 g/mol. The van der Waals surface area contributed by atoms with Crippen LogP contribution in [0.5, 0.6) is 0 Å². The number of alkyl halides is 2. The number of fused-ring (bicyclic) bond motifs is 3. The van der Waals surface area contributed by atoms with Gasteiger partial charge in [0.2, 0.25) is 0 Å². The summed E-state index contributed by atoms with van der Waals surface area (Å²) in [5.41, 5.74) is -2.65. The van der Waals surface area contributed by atoms with Gasteiger partial charge < -0.3 is 9.84 Å². The Morgan fingerprint density at radius 3 is 2.83 bits per heavy atom. The lowest BCUT2D eigenvalue weighted by atomic mass is 9.80. The molecule has 7 nitrogen and oxygen atoms in total. The molecule has 1 aliphatic heterocycles. The molecule has 158 valence electrons. The van der Waals surface area contributed by atoms with Crippen molar-refractivity contribution in [2.24, 2.45) is 0 Å². The van der Waals surface area contributed by atoms with Crippen molar-refractivity contribution < 1.29 is 23.0 Å². The van der Waals surface area contributed by atoms with Crippen molar-refractivity contribution >= 4 is 0 Å². The number of aliphatic hydroxyl groups is 1. The molecule has 0 saturated carbocycles. The minimum Gasteiger partial charge on any atom is -0.382 e. The van der Waals surface area contributed by atoms with E-state index in [0.29, 0.717) is 19.6 Å². The molecule has 30 heavy (non-hydrogen) atoms. The first-order chi connectivity index (χ1) is 14.4. The Hall–Kier alpha value is -2.85. The monoisotopic (exact) mass is 419 g/mol. The van der Waals surface area contributed by atoms with E-state index in [9.17, 15) is 9.50 Å². The van der Waals surface area contributed by atoms with Crippen LogP contribution in [0, 0.1) is 5.82 Å². The van der Waals surface area contributed by atoms with Crippen LogP contribution in [0.25, 0.3) is 11.4 Å². The Morgan fingerprint density at radius 1 is 1.27 bits per heavy atom. The van der Waals surface area contributed by atoms with E-state index in [0.717, 1.165) is 34.9 Å². The van der Waals surface area contributed by atoms with Crippen molar-refractivity contribution in [1.29, 1.82) is 0 Å². The molecule has 0 radical (unpaired) electrons. The van der Waals surface area contributed by atoms with Gasteiger partial charge >= 0.3 is 5.92 Å². The molecule has 10 heteroatoms. The van der Waals surface area contributed by atoms with E-state index < -0.39 is 29.6 Å². The number of aryl methyl sites for hydroxylation is 1. The lowest BCUT2D eigenvalue weighted by Gasteiger charge is -2.39. The second kappa shape index (κ2) is 7.77. The van der Waals surface area contributed by atoms with E-state index in [4.69, 9.17) is 4.74 Å². The van der Waals surface area contributed by atoms with Crippen LogP contribution in [0.1, 0.15) is 30.2 Å². The van der Waals surface area contributed by atoms with Crippen LogP contribution in [0.3, 0.4) is 0 Å². The molecule has 3 heterocycles. The third-order valence-electron chi connectivity index (χ3n) is 5.20. The summed E-state index contributed by atoms with van der Waals surface area (Å²) >= 11 is 0. The number of tetrazole rings is 1. The van der Waals surface area contributed by atoms with Crippen LogP contribution < -0.4 is 0 Å². The normalized spacial score (nSPS) is 18.2. The van der Waals surface area contributed by atoms with Gasteiger partial charge in [0.05, 0.1) is 6.54 Å².